The fourth-order valence-electron chi connectivity index (χ4n) is 2.49. The normalized spacial score (nSPS) is 20.4. The van der Waals surface area contributed by atoms with Gasteiger partial charge >= 0.3 is 5.97 Å². The maximum Gasteiger partial charge on any atom is 0.320 e. The van der Waals surface area contributed by atoms with Crippen molar-refractivity contribution in [1.82, 2.24) is 10.3 Å². The van der Waals surface area contributed by atoms with Gasteiger partial charge in [0.2, 0.25) is 5.88 Å². The van der Waals surface area contributed by atoms with E-state index in [2.05, 4.69) is 16.9 Å². The van der Waals surface area contributed by atoms with Gasteiger partial charge in [0.1, 0.15) is 12.1 Å². The van der Waals surface area contributed by atoms with Crippen molar-refractivity contribution in [1.29, 1.82) is 0 Å². The Morgan fingerprint density at radius 2 is 2.23 bits per heavy atom. The molecule has 2 N–H and O–H groups in total. The summed E-state index contributed by atoms with van der Waals surface area (Å²) in [5.74, 6) is -0.349. The molecule has 0 spiro atoms. The summed E-state index contributed by atoms with van der Waals surface area (Å²) in [4.78, 5) is 15.5. The van der Waals surface area contributed by atoms with Gasteiger partial charge in [0.05, 0.1) is 5.52 Å². The van der Waals surface area contributed by atoms with Gasteiger partial charge in [0.25, 0.3) is 0 Å². The topological polar surface area (TPSA) is 71.5 Å². The van der Waals surface area contributed by atoms with Crippen LogP contribution in [-0.4, -0.2) is 34.8 Å². The van der Waals surface area contributed by atoms with E-state index in [-0.39, 0.29) is 18.5 Å². The highest BCUT2D eigenvalue weighted by atomic mass is 35.5. The van der Waals surface area contributed by atoms with Crippen molar-refractivity contribution in [2.75, 3.05) is 6.54 Å². The third-order valence-corrected chi connectivity index (χ3v) is 3.60. The highest BCUT2D eigenvalue weighted by Crippen LogP contribution is 2.25. The zero-order valence-electron chi connectivity index (χ0n) is 11.9. The smallest absolute Gasteiger partial charge is 0.320 e. The Morgan fingerprint density at radius 3 is 2.91 bits per heavy atom. The molecule has 1 aromatic heterocycles. The number of nitrogens with zero attached hydrogens (tertiary/aromatic N) is 1. The number of fused-ring (bicyclic) bond motifs is 1. The molecular formula is C16H17ClN2O3. The number of aromatic nitrogens is 1. The van der Waals surface area contributed by atoms with Crippen molar-refractivity contribution in [3.63, 3.8) is 0 Å². The molecule has 1 saturated heterocycles. The van der Waals surface area contributed by atoms with E-state index < -0.39 is 12.0 Å². The Hall–Kier alpha value is -2.11. The van der Waals surface area contributed by atoms with E-state index in [0.29, 0.717) is 18.8 Å². The van der Waals surface area contributed by atoms with Gasteiger partial charge < -0.3 is 15.2 Å². The van der Waals surface area contributed by atoms with Crippen molar-refractivity contribution in [2.45, 2.75) is 18.6 Å². The molecule has 5 nitrogen and oxygen atoms in total. The molecule has 0 radical (unpaired) electrons. The van der Waals surface area contributed by atoms with Crippen LogP contribution < -0.4 is 10.1 Å². The Labute approximate surface area is 134 Å². The fourth-order valence-corrected chi connectivity index (χ4v) is 2.49. The van der Waals surface area contributed by atoms with E-state index in [9.17, 15) is 4.79 Å². The van der Waals surface area contributed by atoms with Crippen molar-refractivity contribution in [3.8, 4) is 5.88 Å². The average Bonchev–Trinajstić information content (AvgIpc) is 2.95. The van der Waals surface area contributed by atoms with Crippen LogP contribution in [0.4, 0.5) is 0 Å². The minimum absolute atomic E-state index is 0. The van der Waals surface area contributed by atoms with Gasteiger partial charge in [-0.3, -0.25) is 4.79 Å². The quantitative estimate of drug-likeness (QED) is 0.905. The van der Waals surface area contributed by atoms with Gasteiger partial charge in [0, 0.05) is 23.9 Å². The van der Waals surface area contributed by atoms with Crippen LogP contribution >= 0.6 is 12.4 Å². The molecule has 1 aliphatic heterocycles. The zero-order valence-corrected chi connectivity index (χ0v) is 12.7. The van der Waals surface area contributed by atoms with Gasteiger partial charge in [-0.05, 0) is 12.1 Å². The molecule has 22 heavy (non-hydrogen) atoms. The SMILES string of the molecule is C=Cc1cc2ccccc2nc1O[C@H]1CN[C@H](C(=O)O)C1.Cl. The molecule has 0 saturated carbocycles. The lowest BCUT2D eigenvalue weighted by molar-refractivity contribution is -0.139. The van der Waals surface area contributed by atoms with Crippen LogP contribution in [0, 0.1) is 0 Å². The monoisotopic (exact) mass is 320 g/mol. The molecule has 0 amide bonds. The third-order valence-electron chi connectivity index (χ3n) is 3.60. The molecule has 3 rings (SSSR count). The van der Waals surface area contributed by atoms with Crippen molar-refractivity contribution >= 4 is 35.4 Å². The van der Waals surface area contributed by atoms with E-state index in [4.69, 9.17) is 9.84 Å². The summed E-state index contributed by atoms with van der Waals surface area (Å²) in [6, 6.07) is 9.20. The van der Waals surface area contributed by atoms with Crippen LogP contribution in [0.2, 0.25) is 0 Å². The third kappa shape index (κ3) is 3.21. The summed E-state index contributed by atoms with van der Waals surface area (Å²) in [7, 11) is 0. The maximum absolute atomic E-state index is 10.9. The molecule has 0 aliphatic carbocycles. The first-order chi connectivity index (χ1) is 10.2. The second-order valence-corrected chi connectivity index (χ2v) is 5.05. The standard InChI is InChI=1S/C16H16N2O3.ClH/c1-2-10-7-11-5-3-4-6-13(11)18-15(10)21-12-8-14(16(19)20)17-9-12;/h2-7,12,14,17H,1,8-9H2,(H,19,20);1H/t12-,14+;/m1./s1. The Kier molecular flexibility index (Phi) is 5.00. The minimum atomic E-state index is -0.850. The number of halogens is 1. The molecule has 1 aromatic carbocycles. The molecule has 6 heteroatoms. The molecule has 116 valence electrons. The molecule has 2 aromatic rings. The minimum Gasteiger partial charge on any atom is -0.480 e. The summed E-state index contributed by atoms with van der Waals surface area (Å²) >= 11 is 0. The van der Waals surface area contributed by atoms with Crippen molar-refractivity contribution in [3.05, 3.63) is 42.5 Å². The predicted molar refractivity (Wildman–Crippen MR) is 87.5 cm³/mol. The Bertz CT molecular complexity index is 705. The molecule has 2 atom stereocenters. The zero-order chi connectivity index (χ0) is 14.8. The van der Waals surface area contributed by atoms with Gasteiger partial charge in [-0.2, -0.15) is 0 Å². The number of rotatable bonds is 4. The first-order valence-corrected chi connectivity index (χ1v) is 6.82. The second kappa shape index (κ2) is 6.77. The number of hydrogen-bond donors (Lipinski definition) is 2. The molecule has 1 aliphatic rings. The molecular weight excluding hydrogens is 304 g/mol. The molecule has 2 heterocycles. The average molecular weight is 321 g/mol. The number of nitrogens with one attached hydrogen (secondary N) is 1. The molecule has 0 unspecified atom stereocenters. The van der Waals surface area contributed by atoms with E-state index in [1.54, 1.807) is 6.08 Å². The highest BCUT2D eigenvalue weighted by molar-refractivity contribution is 5.85. The lowest BCUT2D eigenvalue weighted by atomic mass is 10.1. The first kappa shape index (κ1) is 16.3. The lowest BCUT2D eigenvalue weighted by Crippen LogP contribution is -2.30. The van der Waals surface area contributed by atoms with Crippen LogP contribution in [0.15, 0.2) is 36.9 Å². The fraction of sp³-hybridized carbons (Fsp3) is 0.250. The van der Waals surface area contributed by atoms with E-state index in [1.165, 1.54) is 0 Å². The number of pyridine rings is 1. The number of benzene rings is 1. The first-order valence-electron chi connectivity index (χ1n) is 6.82. The highest BCUT2D eigenvalue weighted by Gasteiger charge is 2.31. The van der Waals surface area contributed by atoms with Crippen molar-refractivity contribution < 1.29 is 14.6 Å². The summed E-state index contributed by atoms with van der Waals surface area (Å²) in [6.45, 7) is 4.29. The van der Waals surface area contributed by atoms with E-state index in [1.807, 2.05) is 30.3 Å². The summed E-state index contributed by atoms with van der Waals surface area (Å²) in [5, 5.41) is 12.9. The number of para-hydroxylation sites is 1. The summed E-state index contributed by atoms with van der Waals surface area (Å²) in [6.07, 6.45) is 1.94. The number of carboxylic acids is 1. The van der Waals surface area contributed by atoms with Crippen LogP contribution in [0.3, 0.4) is 0 Å². The number of ether oxygens (including phenoxy) is 1. The second-order valence-electron chi connectivity index (χ2n) is 5.05. The number of hydrogen-bond acceptors (Lipinski definition) is 4. The van der Waals surface area contributed by atoms with Crippen molar-refractivity contribution in [2.24, 2.45) is 0 Å². The van der Waals surface area contributed by atoms with E-state index >= 15 is 0 Å². The molecule has 0 bridgehead atoms. The van der Waals surface area contributed by atoms with Gasteiger partial charge in [0.15, 0.2) is 0 Å². The number of aliphatic carboxylic acids is 1. The molecule has 1 fully saturated rings. The van der Waals surface area contributed by atoms with Crippen LogP contribution in [-0.2, 0) is 4.79 Å². The van der Waals surface area contributed by atoms with Gasteiger partial charge in [-0.15, -0.1) is 12.4 Å². The largest absolute Gasteiger partial charge is 0.480 e. The number of carboxylic acid groups (broad SMARTS) is 1. The lowest BCUT2D eigenvalue weighted by Gasteiger charge is -2.14. The van der Waals surface area contributed by atoms with Crippen LogP contribution in [0.5, 0.6) is 5.88 Å². The Morgan fingerprint density at radius 1 is 1.45 bits per heavy atom. The maximum atomic E-state index is 10.9. The Balaban J connectivity index is 0.00000176. The summed E-state index contributed by atoms with van der Waals surface area (Å²) < 4.78 is 5.88. The number of carbonyl (C=O) groups is 1. The predicted octanol–water partition coefficient (Wildman–Crippen LogP) is 2.49. The van der Waals surface area contributed by atoms with Crippen LogP contribution in [0.1, 0.15) is 12.0 Å². The van der Waals surface area contributed by atoms with E-state index in [0.717, 1.165) is 16.5 Å². The van der Waals surface area contributed by atoms with Gasteiger partial charge in [-0.25, -0.2) is 4.98 Å². The summed E-state index contributed by atoms with van der Waals surface area (Å²) in [5.41, 5.74) is 1.66. The van der Waals surface area contributed by atoms with Crippen LogP contribution in [0.25, 0.3) is 17.0 Å². The van der Waals surface area contributed by atoms with Gasteiger partial charge in [-0.1, -0.05) is 30.9 Å².